The topological polar surface area (TPSA) is 41.5 Å². The Bertz CT molecular complexity index is 545. The van der Waals surface area contributed by atoms with Crippen molar-refractivity contribution in [2.75, 3.05) is 13.2 Å². The number of rotatable bonds is 6. The third kappa shape index (κ3) is 3.63. The summed E-state index contributed by atoms with van der Waals surface area (Å²) in [4.78, 5) is 0. The molecule has 2 unspecified atom stereocenters. The first kappa shape index (κ1) is 14.1. The predicted molar refractivity (Wildman–Crippen MR) is 83.6 cm³/mol. The van der Waals surface area contributed by atoms with E-state index in [1.165, 1.54) is 11.1 Å². The van der Waals surface area contributed by atoms with Crippen LogP contribution >= 0.6 is 0 Å². The second-order valence-corrected chi connectivity index (χ2v) is 5.53. The molecule has 3 rings (SSSR count). The molecule has 3 heteroatoms. The highest BCUT2D eigenvalue weighted by Crippen LogP contribution is 2.27. The summed E-state index contributed by atoms with van der Waals surface area (Å²) in [6.45, 7) is 0.890. The van der Waals surface area contributed by atoms with E-state index in [0.29, 0.717) is 0 Å². The van der Waals surface area contributed by atoms with Gasteiger partial charge in [-0.15, -0.1) is 0 Å². The summed E-state index contributed by atoms with van der Waals surface area (Å²) in [7, 11) is 0. The first-order valence-electron chi connectivity index (χ1n) is 7.48. The molecule has 0 fully saturated rings. The molecule has 1 heterocycles. The van der Waals surface area contributed by atoms with Crippen molar-refractivity contribution in [3.8, 4) is 5.75 Å². The first-order chi connectivity index (χ1) is 10.3. The van der Waals surface area contributed by atoms with Crippen LogP contribution in [-0.4, -0.2) is 30.4 Å². The molecule has 1 aliphatic rings. The monoisotopic (exact) mass is 283 g/mol. The Morgan fingerprint density at radius 1 is 1.10 bits per heavy atom. The number of benzene rings is 2. The van der Waals surface area contributed by atoms with Crippen molar-refractivity contribution in [3.63, 3.8) is 0 Å². The predicted octanol–water partition coefficient (Wildman–Crippen LogP) is 2.18. The van der Waals surface area contributed by atoms with Crippen molar-refractivity contribution in [2.24, 2.45) is 0 Å². The van der Waals surface area contributed by atoms with Crippen molar-refractivity contribution in [1.29, 1.82) is 0 Å². The van der Waals surface area contributed by atoms with Crippen molar-refractivity contribution in [2.45, 2.75) is 25.0 Å². The molecule has 1 aliphatic heterocycles. The van der Waals surface area contributed by atoms with Crippen LogP contribution in [0.4, 0.5) is 0 Å². The molecule has 0 saturated carbocycles. The highest BCUT2D eigenvalue weighted by atomic mass is 16.5. The van der Waals surface area contributed by atoms with Crippen LogP contribution in [0.2, 0.25) is 0 Å². The van der Waals surface area contributed by atoms with Crippen LogP contribution in [0, 0.1) is 0 Å². The molecule has 3 nitrogen and oxygen atoms in total. The maximum atomic E-state index is 9.53. The molecule has 0 aliphatic carbocycles. The van der Waals surface area contributed by atoms with E-state index in [1.807, 2.05) is 36.4 Å². The van der Waals surface area contributed by atoms with Crippen LogP contribution in [0.3, 0.4) is 0 Å². The van der Waals surface area contributed by atoms with Crippen molar-refractivity contribution in [3.05, 3.63) is 65.7 Å². The lowest BCUT2D eigenvalue weighted by Gasteiger charge is -2.19. The fourth-order valence-electron chi connectivity index (χ4n) is 2.77. The van der Waals surface area contributed by atoms with Crippen molar-refractivity contribution < 1.29 is 9.84 Å². The molecule has 21 heavy (non-hydrogen) atoms. The van der Waals surface area contributed by atoms with Crippen molar-refractivity contribution in [1.82, 2.24) is 5.32 Å². The zero-order valence-corrected chi connectivity index (χ0v) is 12.0. The van der Waals surface area contributed by atoms with Gasteiger partial charge in [0, 0.05) is 19.0 Å². The average Bonchev–Trinajstić information content (AvgIpc) is 2.95. The largest absolute Gasteiger partial charge is 0.488 e. The first-order valence-corrected chi connectivity index (χ1v) is 7.48. The molecule has 0 aromatic heterocycles. The van der Waals surface area contributed by atoms with Gasteiger partial charge in [0.2, 0.25) is 0 Å². The van der Waals surface area contributed by atoms with Crippen LogP contribution in [0.15, 0.2) is 54.6 Å². The van der Waals surface area contributed by atoms with Gasteiger partial charge in [0.1, 0.15) is 11.9 Å². The molecule has 0 amide bonds. The molecule has 2 aromatic carbocycles. The van der Waals surface area contributed by atoms with Gasteiger partial charge in [-0.3, -0.25) is 0 Å². The fourth-order valence-corrected chi connectivity index (χ4v) is 2.77. The second-order valence-electron chi connectivity index (χ2n) is 5.53. The number of para-hydroxylation sites is 1. The summed E-state index contributed by atoms with van der Waals surface area (Å²) < 4.78 is 5.91. The number of aliphatic hydroxyl groups is 1. The van der Waals surface area contributed by atoms with Gasteiger partial charge in [0.15, 0.2) is 0 Å². The van der Waals surface area contributed by atoms with Gasteiger partial charge in [0.05, 0.1) is 6.61 Å². The summed E-state index contributed by atoms with van der Waals surface area (Å²) in [5.41, 5.74) is 2.51. The summed E-state index contributed by atoms with van der Waals surface area (Å²) in [6, 6.07) is 18.5. The van der Waals surface area contributed by atoms with Crippen molar-refractivity contribution >= 4 is 0 Å². The Morgan fingerprint density at radius 2 is 1.86 bits per heavy atom. The van der Waals surface area contributed by atoms with Gasteiger partial charge in [-0.1, -0.05) is 48.5 Å². The van der Waals surface area contributed by atoms with E-state index in [9.17, 15) is 5.11 Å². The molecular formula is C18H21NO2. The van der Waals surface area contributed by atoms with E-state index >= 15 is 0 Å². The lowest BCUT2D eigenvalue weighted by atomic mass is 10.1. The van der Waals surface area contributed by atoms with E-state index in [-0.39, 0.29) is 18.8 Å². The van der Waals surface area contributed by atoms with E-state index in [2.05, 4.69) is 23.5 Å². The lowest BCUT2D eigenvalue weighted by Crippen LogP contribution is -2.40. The van der Waals surface area contributed by atoms with E-state index in [1.54, 1.807) is 0 Å². The van der Waals surface area contributed by atoms with Crippen LogP contribution < -0.4 is 10.1 Å². The zero-order valence-electron chi connectivity index (χ0n) is 12.0. The van der Waals surface area contributed by atoms with Gasteiger partial charge in [0.25, 0.3) is 0 Å². The highest BCUT2D eigenvalue weighted by Gasteiger charge is 2.22. The number of nitrogens with one attached hydrogen (secondary N) is 1. The summed E-state index contributed by atoms with van der Waals surface area (Å²) >= 11 is 0. The Labute approximate surface area is 125 Å². The third-order valence-corrected chi connectivity index (χ3v) is 3.89. The number of fused-ring (bicyclic) bond motifs is 1. The molecule has 0 saturated heterocycles. The molecule has 0 radical (unpaired) electrons. The molecule has 2 aromatic rings. The Balaban J connectivity index is 1.50. The Morgan fingerprint density at radius 3 is 2.62 bits per heavy atom. The standard InChI is InChI=1S/C18H21NO2/c20-13-16(10-14-6-2-1-3-7-14)19-12-17-11-15-8-4-5-9-18(15)21-17/h1-9,16-17,19-20H,10-13H2. The van der Waals surface area contributed by atoms with Crippen LogP contribution in [0.1, 0.15) is 11.1 Å². The SMILES string of the molecule is OCC(Cc1ccccc1)NCC1Cc2ccccc2O1. The summed E-state index contributed by atoms with van der Waals surface area (Å²) in [5.74, 6) is 0.993. The van der Waals surface area contributed by atoms with E-state index < -0.39 is 0 Å². The van der Waals surface area contributed by atoms with E-state index in [4.69, 9.17) is 4.74 Å². The average molecular weight is 283 g/mol. The maximum absolute atomic E-state index is 9.53. The molecule has 0 spiro atoms. The van der Waals surface area contributed by atoms with E-state index in [0.717, 1.165) is 25.1 Å². The zero-order chi connectivity index (χ0) is 14.5. The minimum absolute atomic E-state index is 0.0692. The van der Waals surface area contributed by atoms with Gasteiger partial charge < -0.3 is 15.2 Å². The molecule has 2 atom stereocenters. The Hall–Kier alpha value is -1.84. The minimum Gasteiger partial charge on any atom is -0.488 e. The summed E-state index contributed by atoms with van der Waals surface area (Å²) in [5, 5.41) is 13.0. The van der Waals surface area contributed by atoms with Gasteiger partial charge in [-0.05, 0) is 23.6 Å². The molecule has 0 bridgehead atoms. The summed E-state index contributed by atoms with van der Waals surface area (Å²) in [6.07, 6.45) is 1.93. The fraction of sp³-hybridized carbons (Fsp3) is 0.333. The second kappa shape index (κ2) is 6.74. The van der Waals surface area contributed by atoms with Crippen LogP contribution in [-0.2, 0) is 12.8 Å². The van der Waals surface area contributed by atoms with Gasteiger partial charge in [-0.2, -0.15) is 0 Å². The number of hydrogen-bond donors (Lipinski definition) is 2. The lowest BCUT2D eigenvalue weighted by molar-refractivity contribution is 0.196. The maximum Gasteiger partial charge on any atom is 0.123 e. The minimum atomic E-state index is 0.0692. The smallest absolute Gasteiger partial charge is 0.123 e. The third-order valence-electron chi connectivity index (χ3n) is 3.89. The highest BCUT2D eigenvalue weighted by molar-refractivity contribution is 5.37. The molecule has 2 N–H and O–H groups in total. The van der Waals surface area contributed by atoms with Gasteiger partial charge in [-0.25, -0.2) is 0 Å². The quantitative estimate of drug-likeness (QED) is 0.854. The normalized spacial score (nSPS) is 18.0. The number of hydrogen-bond acceptors (Lipinski definition) is 3. The number of ether oxygens (including phenoxy) is 1. The van der Waals surface area contributed by atoms with Crippen LogP contribution in [0.25, 0.3) is 0 Å². The molecule has 110 valence electrons. The van der Waals surface area contributed by atoms with Gasteiger partial charge >= 0.3 is 0 Å². The number of aliphatic hydroxyl groups excluding tert-OH is 1. The Kier molecular flexibility index (Phi) is 4.53. The van der Waals surface area contributed by atoms with Crippen LogP contribution in [0.5, 0.6) is 5.75 Å². The molecular weight excluding hydrogens is 262 g/mol.